The molecule has 0 saturated carbocycles. The average molecular weight is 461 g/mol. The van der Waals surface area contributed by atoms with Crippen molar-refractivity contribution in [1.82, 2.24) is 4.31 Å². The number of rotatable bonds is 5. The molecule has 0 spiro atoms. The van der Waals surface area contributed by atoms with Crippen molar-refractivity contribution < 1.29 is 27.8 Å². The fourth-order valence-electron chi connectivity index (χ4n) is 5.53. The van der Waals surface area contributed by atoms with Crippen molar-refractivity contribution in [1.29, 1.82) is 0 Å². The first kappa shape index (κ1) is 21.2. The molecule has 7 nitrogen and oxygen atoms in total. The first-order valence-electron chi connectivity index (χ1n) is 10.9. The number of carboxylic acids is 1. The number of hydrogen-bond acceptors (Lipinski definition) is 5. The summed E-state index contributed by atoms with van der Waals surface area (Å²) in [4.78, 5) is 17.7. The first-order valence-corrected chi connectivity index (χ1v) is 12.3. The molecule has 2 aliphatic heterocycles. The Kier molecular flexibility index (Phi) is 5.33. The van der Waals surface area contributed by atoms with Crippen LogP contribution < -0.4 is 9.84 Å². The van der Waals surface area contributed by atoms with Crippen molar-refractivity contribution in [2.45, 2.75) is 49.1 Å². The van der Waals surface area contributed by atoms with Gasteiger partial charge >= 0.3 is 5.97 Å². The van der Waals surface area contributed by atoms with E-state index in [1.807, 2.05) is 6.07 Å². The van der Waals surface area contributed by atoms with Gasteiger partial charge in [-0.05, 0) is 67.1 Å². The molecule has 9 heteroatoms. The molecule has 1 aliphatic carbocycles. The standard InChI is InChI=1S/C23H25FN2O5S/c24-31-20-9-7-17(8-10-20)25-13-18-4-2-5-19(14-25)26(18)32(29,30)22-6-1-3-15-11-16(23(27)28)12-21(15)22/h1,3,6-10,16,18-19H,2,4-5,11-14H2,(H,27,28). The molecular formula is C23H25FN2O5S. The van der Waals surface area contributed by atoms with Gasteiger partial charge in [-0.3, -0.25) is 9.74 Å². The van der Waals surface area contributed by atoms with Gasteiger partial charge in [0.1, 0.15) is 0 Å². The molecule has 1 N–H and O–H groups in total. The number of sulfonamides is 1. The zero-order chi connectivity index (χ0) is 22.5. The van der Waals surface area contributed by atoms with Gasteiger partial charge < -0.3 is 10.0 Å². The molecule has 2 saturated heterocycles. The van der Waals surface area contributed by atoms with Crippen molar-refractivity contribution in [3.63, 3.8) is 0 Å². The molecule has 3 aliphatic rings. The molecule has 32 heavy (non-hydrogen) atoms. The third kappa shape index (κ3) is 3.53. The van der Waals surface area contributed by atoms with Crippen LogP contribution in [0.5, 0.6) is 5.75 Å². The number of aliphatic carboxylic acids is 1. The van der Waals surface area contributed by atoms with Gasteiger partial charge in [-0.1, -0.05) is 18.6 Å². The van der Waals surface area contributed by atoms with Gasteiger partial charge in [0.15, 0.2) is 5.75 Å². The Hall–Kier alpha value is -2.65. The Morgan fingerprint density at radius 2 is 1.72 bits per heavy atom. The molecule has 2 fully saturated rings. The number of hydrogen-bond donors (Lipinski definition) is 1. The van der Waals surface area contributed by atoms with Gasteiger partial charge in [-0.15, -0.1) is 0 Å². The molecule has 2 heterocycles. The maximum absolute atomic E-state index is 13.9. The molecule has 170 valence electrons. The Morgan fingerprint density at radius 1 is 1.03 bits per heavy atom. The summed E-state index contributed by atoms with van der Waals surface area (Å²) in [5.41, 5.74) is 2.38. The van der Waals surface area contributed by atoms with E-state index in [9.17, 15) is 22.8 Å². The molecule has 0 radical (unpaired) electrons. The maximum Gasteiger partial charge on any atom is 0.307 e. The predicted molar refractivity (Wildman–Crippen MR) is 116 cm³/mol. The fraction of sp³-hybridized carbons (Fsp3) is 0.435. The van der Waals surface area contributed by atoms with Crippen LogP contribution in [0.3, 0.4) is 0 Å². The van der Waals surface area contributed by atoms with E-state index in [-0.39, 0.29) is 29.1 Å². The third-order valence-electron chi connectivity index (χ3n) is 7.00. The van der Waals surface area contributed by atoms with E-state index in [0.717, 1.165) is 30.5 Å². The minimum Gasteiger partial charge on any atom is -0.481 e. The van der Waals surface area contributed by atoms with Gasteiger partial charge in [0, 0.05) is 35.4 Å². The number of anilines is 1. The van der Waals surface area contributed by atoms with Gasteiger partial charge in [0.2, 0.25) is 10.0 Å². The van der Waals surface area contributed by atoms with Crippen LogP contribution in [0.15, 0.2) is 47.4 Å². The number of benzene rings is 2. The Labute approximate surface area is 186 Å². The first-order chi connectivity index (χ1) is 15.4. The highest BCUT2D eigenvalue weighted by Gasteiger charge is 2.46. The summed E-state index contributed by atoms with van der Waals surface area (Å²) < 4.78 is 41.8. The van der Waals surface area contributed by atoms with Crippen molar-refractivity contribution in [2.24, 2.45) is 5.92 Å². The van der Waals surface area contributed by atoms with Crippen LogP contribution >= 0.6 is 0 Å². The lowest BCUT2D eigenvalue weighted by Crippen LogP contribution is -2.62. The van der Waals surface area contributed by atoms with E-state index >= 15 is 0 Å². The van der Waals surface area contributed by atoms with Gasteiger partial charge in [-0.2, -0.15) is 4.31 Å². The summed E-state index contributed by atoms with van der Waals surface area (Å²) in [6.07, 6.45) is 3.12. The summed E-state index contributed by atoms with van der Waals surface area (Å²) in [5, 5.41) is 9.44. The zero-order valence-electron chi connectivity index (χ0n) is 17.5. The molecule has 2 aromatic carbocycles. The summed E-state index contributed by atoms with van der Waals surface area (Å²) in [5.74, 6) is -1.33. The van der Waals surface area contributed by atoms with Crippen molar-refractivity contribution in [3.05, 3.63) is 53.6 Å². The summed E-state index contributed by atoms with van der Waals surface area (Å²) in [6, 6.07) is 11.5. The van der Waals surface area contributed by atoms with Crippen LogP contribution in [0.2, 0.25) is 0 Å². The fourth-order valence-corrected chi connectivity index (χ4v) is 7.66. The number of piperazine rings is 1. The quantitative estimate of drug-likeness (QED) is 0.738. The second kappa shape index (κ2) is 8.04. The molecular weight excluding hydrogens is 435 g/mol. The lowest BCUT2D eigenvalue weighted by molar-refractivity contribution is -0.141. The SMILES string of the molecule is O=C(O)C1Cc2cccc(S(=O)(=O)N3C4CCCC3CN(c3ccc(OF)cc3)C4)c2C1. The van der Waals surface area contributed by atoms with E-state index in [2.05, 4.69) is 9.84 Å². The molecule has 0 amide bonds. The van der Waals surface area contributed by atoms with Crippen LogP contribution in [0, 0.1) is 5.92 Å². The molecule has 2 bridgehead atoms. The second-order valence-corrected chi connectivity index (χ2v) is 10.7. The largest absolute Gasteiger partial charge is 0.481 e. The minimum atomic E-state index is -3.77. The number of fused-ring (bicyclic) bond motifs is 3. The van der Waals surface area contributed by atoms with Gasteiger partial charge in [-0.25, -0.2) is 8.42 Å². The smallest absolute Gasteiger partial charge is 0.307 e. The van der Waals surface area contributed by atoms with E-state index in [4.69, 9.17) is 0 Å². The van der Waals surface area contributed by atoms with Crippen LogP contribution in [-0.4, -0.2) is 49.0 Å². The molecule has 2 aromatic rings. The Balaban J connectivity index is 1.45. The third-order valence-corrected chi connectivity index (χ3v) is 9.09. The van der Waals surface area contributed by atoms with Crippen LogP contribution in [0.25, 0.3) is 0 Å². The van der Waals surface area contributed by atoms with E-state index in [0.29, 0.717) is 25.1 Å². The monoisotopic (exact) mass is 460 g/mol. The lowest BCUT2D eigenvalue weighted by atomic mass is 9.94. The number of carbonyl (C=O) groups is 1. The molecule has 3 atom stereocenters. The van der Waals surface area contributed by atoms with Crippen molar-refractivity contribution >= 4 is 21.7 Å². The normalized spacial score (nSPS) is 25.4. The number of halogens is 1. The van der Waals surface area contributed by atoms with Crippen LogP contribution in [-0.2, 0) is 27.7 Å². The highest BCUT2D eigenvalue weighted by Crippen LogP contribution is 2.39. The second-order valence-electron chi connectivity index (χ2n) is 8.89. The van der Waals surface area contributed by atoms with Crippen molar-refractivity contribution in [2.75, 3.05) is 18.0 Å². The average Bonchev–Trinajstić information content (AvgIpc) is 3.23. The topological polar surface area (TPSA) is 87.1 Å². The number of piperidine rings is 1. The zero-order valence-corrected chi connectivity index (χ0v) is 18.3. The van der Waals surface area contributed by atoms with E-state index < -0.39 is 21.9 Å². The molecule has 5 rings (SSSR count). The van der Waals surface area contributed by atoms with E-state index in [1.165, 1.54) is 0 Å². The Morgan fingerprint density at radius 3 is 2.34 bits per heavy atom. The van der Waals surface area contributed by atoms with Crippen molar-refractivity contribution in [3.8, 4) is 5.75 Å². The number of carboxylic acid groups (broad SMARTS) is 1. The minimum absolute atomic E-state index is 0.132. The molecule has 0 aromatic heterocycles. The maximum atomic E-state index is 13.9. The number of nitrogens with zero attached hydrogens (tertiary/aromatic N) is 2. The highest BCUT2D eigenvalue weighted by atomic mass is 32.2. The summed E-state index contributed by atoms with van der Waals surface area (Å²) in [7, 11) is -3.77. The Bertz CT molecular complexity index is 1120. The molecule has 3 unspecified atom stereocenters. The summed E-state index contributed by atoms with van der Waals surface area (Å²) in [6.45, 7) is 1.11. The van der Waals surface area contributed by atoms with Gasteiger partial charge in [0.25, 0.3) is 0 Å². The lowest BCUT2D eigenvalue weighted by Gasteiger charge is -2.49. The van der Waals surface area contributed by atoms with Gasteiger partial charge in [0.05, 0.1) is 10.8 Å². The predicted octanol–water partition coefficient (Wildman–Crippen LogP) is 3.18. The van der Waals surface area contributed by atoms with Crippen LogP contribution in [0.4, 0.5) is 10.2 Å². The van der Waals surface area contributed by atoms with E-state index in [1.54, 1.807) is 40.7 Å². The highest BCUT2D eigenvalue weighted by molar-refractivity contribution is 7.89. The summed E-state index contributed by atoms with van der Waals surface area (Å²) >= 11 is 0. The van der Waals surface area contributed by atoms with Crippen LogP contribution in [0.1, 0.15) is 30.4 Å².